The van der Waals surface area contributed by atoms with Crippen LogP contribution >= 0.6 is 0 Å². The number of hydrogen-bond donors (Lipinski definition) is 1. The molecule has 3 heteroatoms. The lowest BCUT2D eigenvalue weighted by atomic mass is 10.1. The number of pyridine rings is 1. The van der Waals surface area contributed by atoms with E-state index in [1.54, 1.807) is 6.20 Å². The van der Waals surface area contributed by atoms with Crippen molar-refractivity contribution in [3.8, 4) is 5.75 Å². The first-order chi connectivity index (χ1) is 8.36. The van der Waals surface area contributed by atoms with Crippen LogP contribution in [0, 0.1) is 12.8 Å². The maximum absolute atomic E-state index is 5.68. The van der Waals surface area contributed by atoms with E-state index in [1.807, 2.05) is 19.1 Å². The third-order valence-corrected chi connectivity index (χ3v) is 3.40. The van der Waals surface area contributed by atoms with Gasteiger partial charge in [-0.05, 0) is 44.4 Å². The van der Waals surface area contributed by atoms with Crippen molar-refractivity contribution in [3.05, 3.63) is 24.0 Å². The molecule has 94 valence electrons. The number of aromatic nitrogens is 1. The molecule has 1 aromatic heterocycles. The van der Waals surface area contributed by atoms with Gasteiger partial charge in [0, 0.05) is 12.7 Å². The normalized spacial score (nSPS) is 16.3. The zero-order valence-electron chi connectivity index (χ0n) is 10.6. The first-order valence-corrected chi connectivity index (χ1v) is 6.61. The van der Waals surface area contributed by atoms with Crippen LogP contribution in [-0.2, 0) is 0 Å². The molecule has 2 rings (SSSR count). The van der Waals surface area contributed by atoms with Gasteiger partial charge in [-0.1, -0.05) is 12.8 Å². The first-order valence-electron chi connectivity index (χ1n) is 6.61. The van der Waals surface area contributed by atoms with Crippen molar-refractivity contribution in [1.82, 2.24) is 10.3 Å². The van der Waals surface area contributed by atoms with Crippen LogP contribution in [0.3, 0.4) is 0 Å². The molecule has 0 saturated heterocycles. The van der Waals surface area contributed by atoms with Gasteiger partial charge in [-0.2, -0.15) is 0 Å². The molecule has 0 aromatic carbocycles. The summed E-state index contributed by atoms with van der Waals surface area (Å²) in [5, 5.41) is 3.47. The van der Waals surface area contributed by atoms with E-state index >= 15 is 0 Å². The number of ether oxygens (including phenoxy) is 1. The first kappa shape index (κ1) is 12.4. The summed E-state index contributed by atoms with van der Waals surface area (Å²) in [7, 11) is 0. The standard InChI is InChI=1S/C14H22N2O/c1-12-14(7-4-8-16-12)17-10-9-15-11-13-5-2-3-6-13/h4,7-8,13,15H,2-3,5-6,9-11H2,1H3. The van der Waals surface area contributed by atoms with Crippen LogP contribution in [0.15, 0.2) is 18.3 Å². The molecular weight excluding hydrogens is 212 g/mol. The van der Waals surface area contributed by atoms with Crippen LogP contribution in [0.2, 0.25) is 0 Å². The molecule has 0 atom stereocenters. The van der Waals surface area contributed by atoms with Gasteiger partial charge in [-0.25, -0.2) is 0 Å². The molecule has 0 bridgehead atoms. The summed E-state index contributed by atoms with van der Waals surface area (Å²) >= 11 is 0. The topological polar surface area (TPSA) is 34.1 Å². The summed E-state index contributed by atoms with van der Waals surface area (Å²) in [6.45, 7) is 4.76. The second kappa shape index (κ2) is 6.60. The van der Waals surface area contributed by atoms with Gasteiger partial charge in [0.15, 0.2) is 0 Å². The Balaban J connectivity index is 1.58. The van der Waals surface area contributed by atoms with Crippen LogP contribution in [0.1, 0.15) is 31.4 Å². The lowest BCUT2D eigenvalue weighted by Gasteiger charge is -2.11. The molecule has 0 aliphatic heterocycles. The van der Waals surface area contributed by atoms with Crippen molar-refractivity contribution in [2.75, 3.05) is 19.7 Å². The highest BCUT2D eigenvalue weighted by Crippen LogP contribution is 2.23. The van der Waals surface area contributed by atoms with Gasteiger partial charge in [0.1, 0.15) is 12.4 Å². The fourth-order valence-electron chi connectivity index (χ4n) is 2.38. The van der Waals surface area contributed by atoms with Crippen molar-refractivity contribution < 1.29 is 4.74 Å². The number of nitrogens with zero attached hydrogens (tertiary/aromatic N) is 1. The third-order valence-electron chi connectivity index (χ3n) is 3.40. The average Bonchev–Trinajstić information content (AvgIpc) is 2.84. The Hall–Kier alpha value is -1.09. The fourth-order valence-corrected chi connectivity index (χ4v) is 2.38. The Morgan fingerprint density at radius 2 is 2.24 bits per heavy atom. The van der Waals surface area contributed by atoms with Crippen LogP contribution in [0.25, 0.3) is 0 Å². The average molecular weight is 234 g/mol. The van der Waals surface area contributed by atoms with E-state index < -0.39 is 0 Å². The minimum absolute atomic E-state index is 0.721. The molecule has 17 heavy (non-hydrogen) atoms. The number of nitrogens with one attached hydrogen (secondary N) is 1. The van der Waals surface area contributed by atoms with Gasteiger partial charge in [0.2, 0.25) is 0 Å². The van der Waals surface area contributed by atoms with E-state index in [0.29, 0.717) is 0 Å². The fraction of sp³-hybridized carbons (Fsp3) is 0.643. The van der Waals surface area contributed by atoms with Crippen molar-refractivity contribution in [3.63, 3.8) is 0 Å². The second-order valence-electron chi connectivity index (χ2n) is 4.79. The van der Waals surface area contributed by atoms with E-state index in [1.165, 1.54) is 25.7 Å². The van der Waals surface area contributed by atoms with Crippen LogP contribution in [0.4, 0.5) is 0 Å². The maximum atomic E-state index is 5.68. The maximum Gasteiger partial charge on any atom is 0.140 e. The number of hydrogen-bond acceptors (Lipinski definition) is 3. The van der Waals surface area contributed by atoms with Gasteiger partial charge < -0.3 is 10.1 Å². The Morgan fingerprint density at radius 3 is 3.00 bits per heavy atom. The van der Waals surface area contributed by atoms with E-state index in [0.717, 1.165) is 37.1 Å². The predicted molar refractivity (Wildman–Crippen MR) is 69.3 cm³/mol. The lowest BCUT2D eigenvalue weighted by Crippen LogP contribution is -2.26. The van der Waals surface area contributed by atoms with E-state index in [-0.39, 0.29) is 0 Å². The zero-order valence-corrected chi connectivity index (χ0v) is 10.6. The van der Waals surface area contributed by atoms with E-state index in [9.17, 15) is 0 Å². The summed E-state index contributed by atoms with van der Waals surface area (Å²) in [5.74, 6) is 1.80. The smallest absolute Gasteiger partial charge is 0.140 e. The predicted octanol–water partition coefficient (Wildman–Crippen LogP) is 2.55. The highest BCUT2D eigenvalue weighted by atomic mass is 16.5. The molecule has 1 aliphatic rings. The Bertz CT molecular complexity index is 335. The van der Waals surface area contributed by atoms with Gasteiger partial charge in [-0.3, -0.25) is 4.98 Å². The van der Waals surface area contributed by atoms with E-state index in [4.69, 9.17) is 4.74 Å². The van der Waals surface area contributed by atoms with Gasteiger partial charge >= 0.3 is 0 Å². The minimum atomic E-state index is 0.721. The van der Waals surface area contributed by atoms with Gasteiger partial charge in [0.25, 0.3) is 0 Å². The van der Waals surface area contributed by atoms with Crippen LogP contribution in [-0.4, -0.2) is 24.7 Å². The molecule has 1 N–H and O–H groups in total. The SMILES string of the molecule is Cc1ncccc1OCCNCC1CCCC1. The summed E-state index contributed by atoms with van der Waals surface area (Å²) in [5.41, 5.74) is 0.961. The highest BCUT2D eigenvalue weighted by Gasteiger charge is 2.13. The number of aryl methyl sites for hydroxylation is 1. The van der Waals surface area contributed by atoms with E-state index in [2.05, 4.69) is 10.3 Å². The van der Waals surface area contributed by atoms with Crippen molar-refractivity contribution in [2.24, 2.45) is 5.92 Å². The molecule has 0 spiro atoms. The molecule has 1 heterocycles. The molecule has 1 aliphatic carbocycles. The zero-order chi connectivity index (χ0) is 11.9. The Labute approximate surface area is 104 Å². The molecule has 3 nitrogen and oxygen atoms in total. The molecule has 1 saturated carbocycles. The minimum Gasteiger partial charge on any atom is -0.490 e. The Kier molecular flexibility index (Phi) is 4.80. The van der Waals surface area contributed by atoms with Crippen molar-refractivity contribution in [1.29, 1.82) is 0 Å². The van der Waals surface area contributed by atoms with Crippen molar-refractivity contribution in [2.45, 2.75) is 32.6 Å². The van der Waals surface area contributed by atoms with Crippen LogP contribution in [0.5, 0.6) is 5.75 Å². The molecule has 0 amide bonds. The second-order valence-corrected chi connectivity index (χ2v) is 4.79. The molecule has 1 aromatic rings. The van der Waals surface area contributed by atoms with Gasteiger partial charge in [-0.15, -0.1) is 0 Å². The summed E-state index contributed by atoms with van der Waals surface area (Å²) in [6.07, 6.45) is 7.42. The quantitative estimate of drug-likeness (QED) is 0.768. The third kappa shape index (κ3) is 4.00. The summed E-state index contributed by atoms with van der Waals surface area (Å²) < 4.78 is 5.68. The molecule has 1 fully saturated rings. The van der Waals surface area contributed by atoms with Gasteiger partial charge in [0.05, 0.1) is 5.69 Å². The van der Waals surface area contributed by atoms with Crippen LogP contribution < -0.4 is 10.1 Å². The summed E-state index contributed by atoms with van der Waals surface area (Å²) in [6, 6.07) is 3.88. The molecular formula is C14H22N2O. The lowest BCUT2D eigenvalue weighted by molar-refractivity contribution is 0.305. The highest BCUT2D eigenvalue weighted by molar-refractivity contribution is 5.25. The number of rotatable bonds is 6. The summed E-state index contributed by atoms with van der Waals surface area (Å²) in [4.78, 5) is 4.20. The van der Waals surface area contributed by atoms with Crippen molar-refractivity contribution >= 4 is 0 Å². The molecule has 0 radical (unpaired) electrons. The monoisotopic (exact) mass is 234 g/mol. The Morgan fingerprint density at radius 1 is 1.41 bits per heavy atom. The molecule has 0 unspecified atom stereocenters. The largest absolute Gasteiger partial charge is 0.490 e.